The van der Waals surface area contributed by atoms with Crippen molar-refractivity contribution in [1.29, 1.82) is 0 Å². The lowest BCUT2D eigenvalue weighted by molar-refractivity contribution is 0.0999. The maximum absolute atomic E-state index is 13.2. The van der Waals surface area contributed by atoms with Gasteiger partial charge in [0, 0.05) is 28.2 Å². The number of aryl methyl sites for hydroxylation is 1. The third-order valence-corrected chi connectivity index (χ3v) is 6.13. The number of hydrogen-bond acceptors (Lipinski definition) is 3. The first-order chi connectivity index (χ1) is 14.4. The molecule has 2 N–H and O–H groups in total. The highest BCUT2D eigenvalue weighted by Gasteiger charge is 2.19. The van der Waals surface area contributed by atoms with Gasteiger partial charge in [0.15, 0.2) is 0 Å². The maximum Gasteiger partial charge on any atom is 0.250 e. The van der Waals surface area contributed by atoms with Crippen LogP contribution in [0.15, 0.2) is 60.0 Å². The Labute approximate surface area is 182 Å². The van der Waals surface area contributed by atoms with Crippen LogP contribution >= 0.6 is 22.9 Å². The van der Waals surface area contributed by atoms with E-state index in [1.807, 2.05) is 41.1 Å². The van der Waals surface area contributed by atoms with Gasteiger partial charge in [-0.1, -0.05) is 35.9 Å². The van der Waals surface area contributed by atoms with Gasteiger partial charge in [-0.15, -0.1) is 11.3 Å². The topological polar surface area (TPSA) is 60.9 Å². The number of hydrogen-bond donors (Lipinski definition) is 1. The molecule has 152 valence electrons. The molecular weight excluding hydrogens is 421 g/mol. The first kappa shape index (κ1) is 20.3. The molecule has 0 saturated carbocycles. The van der Waals surface area contributed by atoms with Crippen molar-refractivity contribution < 1.29 is 9.18 Å². The van der Waals surface area contributed by atoms with Gasteiger partial charge in [0.25, 0.3) is 5.91 Å². The van der Waals surface area contributed by atoms with Crippen molar-refractivity contribution in [3.05, 3.63) is 87.6 Å². The number of thiazole rings is 1. The van der Waals surface area contributed by atoms with Gasteiger partial charge in [-0.2, -0.15) is 0 Å². The summed E-state index contributed by atoms with van der Waals surface area (Å²) in [4.78, 5) is 16.7. The summed E-state index contributed by atoms with van der Waals surface area (Å²) < 4.78 is 15.2. The molecule has 4 aromatic rings. The second kappa shape index (κ2) is 8.42. The Morgan fingerprint density at radius 2 is 1.97 bits per heavy atom. The van der Waals surface area contributed by atoms with Gasteiger partial charge < -0.3 is 10.3 Å². The molecule has 4 rings (SSSR count). The molecule has 0 aliphatic rings. The molecule has 0 aliphatic carbocycles. The van der Waals surface area contributed by atoms with E-state index >= 15 is 0 Å². The van der Waals surface area contributed by atoms with Crippen molar-refractivity contribution in [2.45, 2.75) is 19.9 Å². The highest BCUT2D eigenvalue weighted by molar-refractivity contribution is 7.13. The Balaban J connectivity index is 1.69. The lowest BCUT2D eigenvalue weighted by atomic mass is 10.1. The van der Waals surface area contributed by atoms with E-state index in [9.17, 15) is 9.18 Å². The standard InChI is InChI=1S/C23H19ClFN3OS/c1-14-19(22(26)29)12-21(28(14)10-9-15-5-7-18(25)8-6-15)20-13-30-23(27-20)16-3-2-4-17(24)11-16/h2-8,11-13H,9-10H2,1H3,(H2,26,29). The fourth-order valence-electron chi connectivity index (χ4n) is 3.43. The number of nitrogens with zero attached hydrogens (tertiary/aromatic N) is 2. The third kappa shape index (κ3) is 4.15. The lowest BCUT2D eigenvalue weighted by Gasteiger charge is -2.11. The highest BCUT2D eigenvalue weighted by atomic mass is 35.5. The minimum atomic E-state index is -0.473. The van der Waals surface area contributed by atoms with Crippen molar-refractivity contribution >= 4 is 28.8 Å². The molecule has 0 spiro atoms. The summed E-state index contributed by atoms with van der Waals surface area (Å²) in [5.74, 6) is -0.733. The lowest BCUT2D eigenvalue weighted by Crippen LogP contribution is -2.13. The van der Waals surface area contributed by atoms with Crippen molar-refractivity contribution in [3.63, 3.8) is 0 Å². The van der Waals surface area contributed by atoms with Crippen molar-refractivity contribution in [2.24, 2.45) is 5.73 Å². The van der Waals surface area contributed by atoms with E-state index in [0.29, 0.717) is 23.6 Å². The molecule has 0 aliphatic heterocycles. The van der Waals surface area contributed by atoms with Crippen LogP contribution in [0.3, 0.4) is 0 Å². The van der Waals surface area contributed by atoms with Crippen LogP contribution in [0.25, 0.3) is 22.0 Å². The Morgan fingerprint density at radius 1 is 1.20 bits per heavy atom. The normalized spacial score (nSPS) is 11.0. The van der Waals surface area contributed by atoms with E-state index < -0.39 is 5.91 Å². The summed E-state index contributed by atoms with van der Waals surface area (Å²) in [6.45, 7) is 2.49. The molecule has 0 radical (unpaired) electrons. The number of benzene rings is 2. The SMILES string of the molecule is Cc1c(C(N)=O)cc(-c2csc(-c3cccc(Cl)c3)n2)n1CCc1ccc(F)cc1. The van der Waals surface area contributed by atoms with Crippen molar-refractivity contribution in [3.8, 4) is 22.0 Å². The molecule has 7 heteroatoms. The Hall–Kier alpha value is -2.96. The molecule has 2 aromatic heterocycles. The summed E-state index contributed by atoms with van der Waals surface area (Å²) in [5, 5.41) is 3.46. The first-order valence-electron chi connectivity index (χ1n) is 9.38. The van der Waals surface area contributed by atoms with Crippen LogP contribution in [0.1, 0.15) is 21.6 Å². The third-order valence-electron chi connectivity index (χ3n) is 5.01. The zero-order valence-corrected chi connectivity index (χ0v) is 17.8. The Morgan fingerprint density at radius 3 is 2.67 bits per heavy atom. The van der Waals surface area contributed by atoms with Crippen LogP contribution in [0.5, 0.6) is 0 Å². The molecule has 0 bridgehead atoms. The van der Waals surface area contributed by atoms with Crippen molar-refractivity contribution in [2.75, 3.05) is 0 Å². The average molecular weight is 440 g/mol. The first-order valence-corrected chi connectivity index (χ1v) is 10.6. The molecule has 0 saturated heterocycles. The van der Waals surface area contributed by atoms with E-state index in [1.165, 1.54) is 23.5 Å². The predicted octanol–water partition coefficient (Wildman–Crippen LogP) is 5.72. The molecule has 30 heavy (non-hydrogen) atoms. The molecule has 1 amide bonds. The van der Waals surface area contributed by atoms with Gasteiger partial charge in [-0.25, -0.2) is 9.37 Å². The summed E-state index contributed by atoms with van der Waals surface area (Å²) in [5.41, 5.74) is 10.4. The minimum absolute atomic E-state index is 0.261. The van der Waals surface area contributed by atoms with Crippen LogP contribution < -0.4 is 5.73 Å². The number of nitrogens with two attached hydrogens (primary N) is 1. The number of amides is 1. The van der Waals surface area contributed by atoms with Gasteiger partial charge in [-0.05, 0) is 49.2 Å². The van der Waals surface area contributed by atoms with E-state index in [0.717, 1.165) is 33.2 Å². The number of aromatic nitrogens is 2. The van der Waals surface area contributed by atoms with Gasteiger partial charge in [0.2, 0.25) is 0 Å². The summed E-state index contributed by atoms with van der Waals surface area (Å²) >= 11 is 7.62. The molecule has 2 aromatic carbocycles. The number of rotatable bonds is 6. The minimum Gasteiger partial charge on any atom is -0.366 e. The van der Waals surface area contributed by atoms with Gasteiger partial charge >= 0.3 is 0 Å². The largest absolute Gasteiger partial charge is 0.366 e. The Bertz CT molecular complexity index is 1210. The highest BCUT2D eigenvalue weighted by Crippen LogP contribution is 2.32. The molecule has 4 nitrogen and oxygen atoms in total. The summed E-state index contributed by atoms with van der Waals surface area (Å²) in [6.07, 6.45) is 0.687. The van der Waals surface area contributed by atoms with E-state index in [-0.39, 0.29) is 5.82 Å². The summed E-state index contributed by atoms with van der Waals surface area (Å²) in [6, 6.07) is 15.8. The van der Waals surface area contributed by atoms with Crippen LogP contribution in [0.4, 0.5) is 4.39 Å². The number of primary amides is 1. The smallest absolute Gasteiger partial charge is 0.250 e. The van der Waals surface area contributed by atoms with Crippen LogP contribution in [-0.4, -0.2) is 15.5 Å². The monoisotopic (exact) mass is 439 g/mol. The van der Waals surface area contributed by atoms with Gasteiger partial charge in [0.05, 0.1) is 17.0 Å². The van der Waals surface area contributed by atoms with E-state index in [4.69, 9.17) is 22.3 Å². The number of carbonyl (C=O) groups is 1. The summed E-state index contributed by atoms with van der Waals surface area (Å²) in [7, 11) is 0. The number of halogens is 2. The van der Waals surface area contributed by atoms with Gasteiger partial charge in [0.1, 0.15) is 10.8 Å². The zero-order valence-electron chi connectivity index (χ0n) is 16.2. The van der Waals surface area contributed by atoms with E-state index in [1.54, 1.807) is 18.2 Å². The second-order valence-electron chi connectivity index (χ2n) is 6.97. The molecule has 0 fully saturated rings. The zero-order chi connectivity index (χ0) is 21.3. The number of carbonyl (C=O) groups excluding carboxylic acids is 1. The maximum atomic E-state index is 13.2. The van der Waals surface area contributed by atoms with E-state index in [2.05, 4.69) is 0 Å². The van der Waals surface area contributed by atoms with Crippen LogP contribution in [0, 0.1) is 12.7 Å². The second-order valence-corrected chi connectivity index (χ2v) is 8.26. The Kier molecular flexibility index (Phi) is 5.70. The average Bonchev–Trinajstić information content (AvgIpc) is 3.32. The fourth-order valence-corrected chi connectivity index (χ4v) is 4.43. The fraction of sp³-hybridized carbons (Fsp3) is 0.130. The molecule has 0 atom stereocenters. The van der Waals surface area contributed by atoms with Crippen molar-refractivity contribution in [1.82, 2.24) is 9.55 Å². The molecule has 0 unspecified atom stereocenters. The van der Waals surface area contributed by atoms with Gasteiger partial charge in [-0.3, -0.25) is 4.79 Å². The van der Waals surface area contributed by atoms with Crippen LogP contribution in [-0.2, 0) is 13.0 Å². The van der Waals surface area contributed by atoms with Crippen LogP contribution in [0.2, 0.25) is 5.02 Å². The quantitative estimate of drug-likeness (QED) is 0.417. The molecular formula is C23H19ClFN3OS. The molecule has 2 heterocycles. The predicted molar refractivity (Wildman–Crippen MR) is 119 cm³/mol.